The molecule has 0 unspecified atom stereocenters. The molecule has 2 aromatic heterocycles. The molecule has 3 aromatic rings. The van der Waals surface area contributed by atoms with Gasteiger partial charge in [-0.05, 0) is 42.1 Å². The minimum absolute atomic E-state index is 0.332. The summed E-state index contributed by atoms with van der Waals surface area (Å²) in [5.74, 6) is 0.978. The molecule has 1 aliphatic heterocycles. The van der Waals surface area contributed by atoms with Crippen LogP contribution in [0, 0.1) is 0 Å². The molecule has 1 fully saturated rings. The van der Waals surface area contributed by atoms with Crippen LogP contribution in [0.5, 0.6) is 0 Å². The molecular weight excluding hydrogens is 382 g/mol. The predicted octanol–water partition coefficient (Wildman–Crippen LogP) is 5.37. The number of rotatable bonds is 2. The van der Waals surface area contributed by atoms with E-state index in [9.17, 15) is 0 Å². The third kappa shape index (κ3) is 2.51. The van der Waals surface area contributed by atoms with E-state index in [1.807, 2.05) is 0 Å². The van der Waals surface area contributed by atoms with E-state index in [2.05, 4.69) is 60.4 Å². The Bertz CT molecular complexity index is 825. The zero-order valence-electron chi connectivity index (χ0n) is 11.7. The number of anilines is 1. The molecule has 0 N–H and O–H groups in total. The van der Waals surface area contributed by atoms with E-state index in [1.54, 1.807) is 11.3 Å². The van der Waals surface area contributed by atoms with Crippen molar-refractivity contribution in [1.82, 2.24) is 9.97 Å². The average Bonchev–Trinajstić information content (AvgIpc) is 3.16. The van der Waals surface area contributed by atoms with Gasteiger partial charge in [0.2, 0.25) is 5.28 Å². The SMILES string of the molecule is Clc1nc(N2CCCC2)c2c(-c3ccc(Br)cc3)csc2n1. The number of hydrogen-bond acceptors (Lipinski definition) is 4. The van der Waals surface area contributed by atoms with Gasteiger partial charge in [0.15, 0.2) is 0 Å². The van der Waals surface area contributed by atoms with E-state index in [4.69, 9.17) is 11.6 Å². The van der Waals surface area contributed by atoms with Gasteiger partial charge in [0, 0.05) is 28.5 Å². The fourth-order valence-electron chi connectivity index (χ4n) is 2.90. The summed E-state index contributed by atoms with van der Waals surface area (Å²) in [4.78, 5) is 12.2. The van der Waals surface area contributed by atoms with Gasteiger partial charge in [-0.1, -0.05) is 28.1 Å². The van der Waals surface area contributed by atoms with E-state index >= 15 is 0 Å². The fourth-order valence-corrected chi connectivity index (χ4v) is 4.32. The molecule has 3 nitrogen and oxygen atoms in total. The highest BCUT2D eigenvalue weighted by atomic mass is 79.9. The average molecular weight is 395 g/mol. The fraction of sp³-hybridized carbons (Fsp3) is 0.250. The van der Waals surface area contributed by atoms with Crippen LogP contribution in [0.25, 0.3) is 21.3 Å². The van der Waals surface area contributed by atoms with E-state index in [1.165, 1.54) is 24.0 Å². The molecule has 0 radical (unpaired) electrons. The van der Waals surface area contributed by atoms with Crippen molar-refractivity contribution in [3.05, 3.63) is 39.4 Å². The van der Waals surface area contributed by atoms with Gasteiger partial charge in [-0.2, -0.15) is 4.98 Å². The maximum atomic E-state index is 6.13. The van der Waals surface area contributed by atoms with Crippen molar-refractivity contribution in [3.8, 4) is 11.1 Å². The molecule has 0 saturated carbocycles. The molecule has 6 heteroatoms. The van der Waals surface area contributed by atoms with Crippen molar-refractivity contribution in [3.63, 3.8) is 0 Å². The van der Waals surface area contributed by atoms with Crippen LogP contribution in [0.2, 0.25) is 5.28 Å². The Hall–Kier alpha value is -1.17. The number of fused-ring (bicyclic) bond motifs is 1. The van der Waals surface area contributed by atoms with Gasteiger partial charge in [0.05, 0.1) is 5.39 Å². The lowest BCUT2D eigenvalue weighted by atomic mass is 10.1. The largest absolute Gasteiger partial charge is 0.356 e. The van der Waals surface area contributed by atoms with Crippen LogP contribution in [0.4, 0.5) is 5.82 Å². The lowest BCUT2D eigenvalue weighted by Crippen LogP contribution is -2.19. The highest BCUT2D eigenvalue weighted by Gasteiger charge is 2.21. The predicted molar refractivity (Wildman–Crippen MR) is 97.0 cm³/mol. The van der Waals surface area contributed by atoms with E-state index in [-0.39, 0.29) is 0 Å². The van der Waals surface area contributed by atoms with Gasteiger partial charge < -0.3 is 4.90 Å². The van der Waals surface area contributed by atoms with Crippen LogP contribution in [-0.2, 0) is 0 Å². The number of aromatic nitrogens is 2. The van der Waals surface area contributed by atoms with Gasteiger partial charge in [-0.15, -0.1) is 11.3 Å². The molecule has 22 heavy (non-hydrogen) atoms. The smallest absolute Gasteiger partial charge is 0.225 e. The van der Waals surface area contributed by atoms with Gasteiger partial charge in [-0.25, -0.2) is 4.98 Å². The summed E-state index contributed by atoms with van der Waals surface area (Å²) in [6, 6.07) is 8.36. The number of thiophene rings is 1. The minimum Gasteiger partial charge on any atom is -0.356 e. The van der Waals surface area contributed by atoms with Gasteiger partial charge >= 0.3 is 0 Å². The Morgan fingerprint density at radius 1 is 1.09 bits per heavy atom. The molecule has 0 atom stereocenters. The lowest BCUT2D eigenvalue weighted by Gasteiger charge is -2.18. The second-order valence-electron chi connectivity index (χ2n) is 5.35. The van der Waals surface area contributed by atoms with Gasteiger partial charge in [-0.3, -0.25) is 0 Å². The molecule has 0 bridgehead atoms. The molecule has 0 spiro atoms. The second kappa shape index (κ2) is 5.80. The Kier molecular flexibility index (Phi) is 3.80. The van der Waals surface area contributed by atoms with Gasteiger partial charge in [0.25, 0.3) is 0 Å². The summed E-state index contributed by atoms with van der Waals surface area (Å²) in [7, 11) is 0. The van der Waals surface area contributed by atoms with Crippen LogP contribution < -0.4 is 4.90 Å². The van der Waals surface area contributed by atoms with E-state index < -0.39 is 0 Å². The summed E-state index contributed by atoms with van der Waals surface area (Å²) in [5, 5.41) is 3.61. The van der Waals surface area contributed by atoms with E-state index in [0.717, 1.165) is 33.6 Å². The van der Waals surface area contributed by atoms with Crippen molar-refractivity contribution >= 4 is 54.9 Å². The Morgan fingerprint density at radius 3 is 2.55 bits per heavy atom. The van der Waals surface area contributed by atoms with Gasteiger partial charge in [0.1, 0.15) is 10.6 Å². The molecule has 3 heterocycles. The van der Waals surface area contributed by atoms with Crippen LogP contribution in [0.3, 0.4) is 0 Å². The maximum Gasteiger partial charge on any atom is 0.225 e. The topological polar surface area (TPSA) is 29.0 Å². The Labute approximate surface area is 146 Å². The Morgan fingerprint density at radius 2 is 1.82 bits per heavy atom. The molecule has 4 rings (SSSR count). The molecule has 1 saturated heterocycles. The summed E-state index contributed by atoms with van der Waals surface area (Å²) in [6.45, 7) is 2.08. The standard InChI is InChI=1S/C16H13BrClN3S/c17-11-5-3-10(4-6-11)12-9-22-15-13(12)14(19-16(18)20-15)21-7-1-2-8-21/h3-6,9H,1-2,7-8H2. The molecule has 1 aliphatic rings. The summed E-state index contributed by atoms with van der Waals surface area (Å²) in [6.07, 6.45) is 2.42. The zero-order chi connectivity index (χ0) is 15.1. The first-order valence-corrected chi connectivity index (χ1v) is 9.23. The summed E-state index contributed by atoms with van der Waals surface area (Å²) in [5.41, 5.74) is 2.37. The molecule has 0 amide bonds. The van der Waals surface area contributed by atoms with Crippen LogP contribution in [0.1, 0.15) is 12.8 Å². The third-order valence-corrected chi connectivity index (χ3v) is 5.52. The van der Waals surface area contributed by atoms with Crippen molar-refractivity contribution in [2.24, 2.45) is 0 Å². The van der Waals surface area contributed by atoms with Crippen molar-refractivity contribution < 1.29 is 0 Å². The first-order chi connectivity index (χ1) is 10.7. The number of hydrogen-bond donors (Lipinski definition) is 0. The monoisotopic (exact) mass is 393 g/mol. The first kappa shape index (κ1) is 14.4. The maximum absolute atomic E-state index is 6.13. The molecule has 0 aliphatic carbocycles. The van der Waals surface area contributed by atoms with Crippen molar-refractivity contribution in [2.75, 3.05) is 18.0 Å². The molecule has 1 aromatic carbocycles. The molecule has 112 valence electrons. The summed E-state index contributed by atoms with van der Waals surface area (Å²) < 4.78 is 1.08. The van der Waals surface area contributed by atoms with E-state index in [0.29, 0.717) is 5.28 Å². The Balaban J connectivity index is 1.94. The normalized spacial score (nSPS) is 14.9. The highest BCUT2D eigenvalue weighted by Crippen LogP contribution is 2.39. The number of benzene rings is 1. The summed E-state index contributed by atoms with van der Waals surface area (Å²) >= 11 is 11.2. The minimum atomic E-state index is 0.332. The number of nitrogens with zero attached hydrogens (tertiary/aromatic N) is 3. The third-order valence-electron chi connectivity index (χ3n) is 3.95. The highest BCUT2D eigenvalue weighted by molar-refractivity contribution is 9.10. The second-order valence-corrected chi connectivity index (χ2v) is 7.46. The van der Waals surface area contributed by atoms with Crippen LogP contribution >= 0.6 is 38.9 Å². The molecular formula is C16H13BrClN3S. The quantitative estimate of drug-likeness (QED) is 0.547. The first-order valence-electron chi connectivity index (χ1n) is 7.18. The van der Waals surface area contributed by atoms with Crippen molar-refractivity contribution in [1.29, 1.82) is 0 Å². The zero-order valence-corrected chi connectivity index (χ0v) is 14.9. The van der Waals surface area contributed by atoms with Crippen LogP contribution in [-0.4, -0.2) is 23.1 Å². The lowest BCUT2D eigenvalue weighted by molar-refractivity contribution is 0.940. The van der Waals surface area contributed by atoms with Crippen LogP contribution in [0.15, 0.2) is 34.1 Å². The number of halogens is 2. The van der Waals surface area contributed by atoms with Crippen molar-refractivity contribution in [2.45, 2.75) is 12.8 Å².